The topological polar surface area (TPSA) is 71.4 Å². The number of nitrogens with one attached hydrogen (secondary N) is 2. The number of hydrogen-bond donors (Lipinski definition) is 2. The summed E-state index contributed by atoms with van der Waals surface area (Å²) in [6.07, 6.45) is 0.929. The number of rotatable bonds is 4. The van der Waals surface area contributed by atoms with Crippen LogP contribution in [0.2, 0.25) is 0 Å². The first-order valence-electron chi connectivity index (χ1n) is 5.78. The molecule has 1 saturated carbocycles. The van der Waals surface area contributed by atoms with E-state index in [1.54, 1.807) is 0 Å². The highest BCUT2D eigenvalue weighted by atomic mass is 35.5. The lowest BCUT2D eigenvalue weighted by molar-refractivity contribution is 0.136. The molecule has 0 aliphatic heterocycles. The molecule has 0 saturated heterocycles. The van der Waals surface area contributed by atoms with Crippen molar-refractivity contribution < 1.29 is 14.3 Å². The maximum atomic E-state index is 11.6. The largest absolute Gasteiger partial charge is 0.483 e. The van der Waals surface area contributed by atoms with Crippen molar-refractivity contribution in [2.24, 2.45) is 0 Å². The molecule has 1 aromatic carbocycles. The molecule has 0 spiro atoms. The zero-order chi connectivity index (χ0) is 13.0. The molecule has 1 amide bonds. The minimum absolute atomic E-state index is 0. The van der Waals surface area contributed by atoms with Gasteiger partial charge in [0.15, 0.2) is 0 Å². The van der Waals surface area contributed by atoms with Crippen molar-refractivity contribution in [3.63, 3.8) is 0 Å². The second-order valence-electron chi connectivity index (χ2n) is 4.30. The first-order valence-corrected chi connectivity index (χ1v) is 5.78. The molecule has 0 aromatic heterocycles. The normalized spacial score (nSPS) is 14.8. The molecule has 1 aliphatic carbocycles. The van der Waals surface area contributed by atoms with E-state index in [-0.39, 0.29) is 24.9 Å². The minimum Gasteiger partial charge on any atom is -0.483 e. The summed E-state index contributed by atoms with van der Waals surface area (Å²) < 4.78 is 9.95. The Bertz CT molecular complexity index is 446. The predicted molar refractivity (Wildman–Crippen MR) is 73.7 cm³/mol. The zero-order valence-electron chi connectivity index (χ0n) is 10.6. The summed E-state index contributed by atoms with van der Waals surface area (Å²) >= 11 is 0. The predicted octanol–water partition coefficient (Wildman–Crippen LogP) is 2.49. The molecule has 2 N–H and O–H groups in total. The minimum atomic E-state index is -0.636. The van der Waals surface area contributed by atoms with E-state index < -0.39 is 11.6 Å². The van der Waals surface area contributed by atoms with E-state index >= 15 is 0 Å². The van der Waals surface area contributed by atoms with Crippen molar-refractivity contribution in [2.75, 3.05) is 7.11 Å². The monoisotopic (exact) mass is 284 g/mol. The Balaban J connectivity index is 0.00000180. The van der Waals surface area contributed by atoms with Crippen LogP contribution in [0.5, 0.6) is 0 Å². The van der Waals surface area contributed by atoms with Crippen LogP contribution in [0.15, 0.2) is 30.3 Å². The van der Waals surface area contributed by atoms with E-state index in [1.807, 2.05) is 30.3 Å². The second kappa shape index (κ2) is 6.43. The van der Waals surface area contributed by atoms with Gasteiger partial charge >= 0.3 is 6.09 Å². The van der Waals surface area contributed by atoms with E-state index in [0.717, 1.165) is 18.4 Å². The molecule has 1 aliphatic rings. The van der Waals surface area contributed by atoms with Crippen molar-refractivity contribution in [3.8, 4) is 0 Å². The summed E-state index contributed by atoms with van der Waals surface area (Å²) in [6.45, 7) is 0.225. The molecule has 0 atom stereocenters. The third-order valence-electron chi connectivity index (χ3n) is 2.94. The summed E-state index contributed by atoms with van der Waals surface area (Å²) in [5.74, 6) is 0.0826. The second-order valence-corrected chi connectivity index (χ2v) is 4.30. The first kappa shape index (κ1) is 15.3. The zero-order valence-corrected chi connectivity index (χ0v) is 11.5. The van der Waals surface area contributed by atoms with Gasteiger partial charge in [0, 0.05) is 0 Å². The van der Waals surface area contributed by atoms with Gasteiger partial charge in [-0.15, -0.1) is 12.4 Å². The van der Waals surface area contributed by atoms with Gasteiger partial charge in [-0.05, 0) is 18.4 Å². The Morgan fingerprint density at radius 3 is 2.53 bits per heavy atom. The number of carbonyl (C=O) groups excluding carboxylic acids is 1. The van der Waals surface area contributed by atoms with Gasteiger partial charge in [-0.25, -0.2) is 4.79 Å². The third kappa shape index (κ3) is 3.86. The molecule has 0 radical (unpaired) electrons. The summed E-state index contributed by atoms with van der Waals surface area (Å²) in [4.78, 5) is 11.6. The van der Waals surface area contributed by atoms with Crippen LogP contribution in [0.4, 0.5) is 4.79 Å². The van der Waals surface area contributed by atoms with E-state index in [4.69, 9.17) is 14.9 Å². The molecule has 19 heavy (non-hydrogen) atoms. The van der Waals surface area contributed by atoms with Crippen LogP contribution in [0.25, 0.3) is 0 Å². The molecule has 5 nitrogen and oxygen atoms in total. The lowest BCUT2D eigenvalue weighted by atomic mass is 10.2. The summed E-state index contributed by atoms with van der Waals surface area (Å²) in [7, 11) is 1.43. The van der Waals surface area contributed by atoms with E-state index in [0.29, 0.717) is 0 Å². The summed E-state index contributed by atoms with van der Waals surface area (Å²) in [5.41, 5.74) is 0.294. The standard InChI is InChI=1S/C13H16N2O3.ClH/c1-17-11(14)13(7-8-13)15-12(16)18-9-10-5-3-2-4-6-10;/h2-6,14H,7-9H2,1H3,(H,15,16);1H. The van der Waals surface area contributed by atoms with Crippen LogP contribution in [0.3, 0.4) is 0 Å². The number of hydrogen-bond acceptors (Lipinski definition) is 4. The highest BCUT2D eigenvalue weighted by Crippen LogP contribution is 2.36. The number of methoxy groups -OCH3 is 1. The van der Waals surface area contributed by atoms with Gasteiger partial charge in [0.25, 0.3) is 0 Å². The maximum Gasteiger partial charge on any atom is 0.408 e. The van der Waals surface area contributed by atoms with Crippen LogP contribution in [0, 0.1) is 5.41 Å². The molecule has 6 heteroatoms. The number of alkyl carbamates (subject to hydrolysis) is 1. The Morgan fingerprint density at radius 2 is 2.00 bits per heavy atom. The summed E-state index contributed by atoms with van der Waals surface area (Å²) in [6, 6.07) is 9.45. The van der Waals surface area contributed by atoms with E-state index in [1.165, 1.54) is 7.11 Å². The van der Waals surface area contributed by atoms with E-state index in [9.17, 15) is 4.79 Å². The van der Waals surface area contributed by atoms with Gasteiger partial charge in [-0.2, -0.15) is 0 Å². The van der Waals surface area contributed by atoms with Gasteiger partial charge in [-0.1, -0.05) is 30.3 Å². The van der Waals surface area contributed by atoms with Crippen molar-refractivity contribution in [2.45, 2.75) is 25.0 Å². The quantitative estimate of drug-likeness (QED) is 0.659. The van der Waals surface area contributed by atoms with Gasteiger partial charge in [0.05, 0.1) is 7.11 Å². The fourth-order valence-corrected chi connectivity index (χ4v) is 1.68. The Labute approximate surface area is 118 Å². The Kier molecular flexibility index (Phi) is 5.18. The maximum absolute atomic E-state index is 11.6. The lowest BCUT2D eigenvalue weighted by Crippen LogP contribution is -2.43. The highest BCUT2D eigenvalue weighted by Gasteiger charge is 2.50. The molecular weight excluding hydrogens is 268 g/mol. The fourth-order valence-electron chi connectivity index (χ4n) is 1.68. The Morgan fingerprint density at radius 1 is 1.37 bits per heavy atom. The molecule has 0 bridgehead atoms. The number of amides is 1. The van der Waals surface area contributed by atoms with Crippen molar-refractivity contribution in [3.05, 3.63) is 35.9 Å². The molecular formula is C13H17ClN2O3. The summed E-state index contributed by atoms with van der Waals surface area (Å²) in [5, 5.41) is 10.3. The SMILES string of the molecule is COC(=N)C1(NC(=O)OCc2ccccc2)CC1.Cl. The Hall–Kier alpha value is -1.75. The molecule has 1 fully saturated rings. The van der Waals surface area contributed by atoms with Crippen LogP contribution in [-0.2, 0) is 16.1 Å². The van der Waals surface area contributed by atoms with Crippen molar-refractivity contribution in [1.29, 1.82) is 5.41 Å². The van der Waals surface area contributed by atoms with E-state index in [2.05, 4.69) is 5.32 Å². The number of benzene rings is 1. The average molecular weight is 285 g/mol. The molecule has 0 heterocycles. The fraction of sp³-hybridized carbons (Fsp3) is 0.385. The van der Waals surface area contributed by atoms with Crippen LogP contribution in [0.1, 0.15) is 18.4 Å². The molecule has 0 unspecified atom stereocenters. The average Bonchev–Trinajstić information content (AvgIpc) is 3.17. The van der Waals surface area contributed by atoms with Crippen molar-refractivity contribution >= 4 is 24.4 Å². The molecule has 1 aromatic rings. The number of halogens is 1. The third-order valence-corrected chi connectivity index (χ3v) is 2.94. The van der Waals surface area contributed by atoms with Gasteiger partial charge in [0.1, 0.15) is 12.1 Å². The van der Waals surface area contributed by atoms with Gasteiger partial charge < -0.3 is 14.8 Å². The first-order chi connectivity index (χ1) is 8.66. The number of carbonyl (C=O) groups is 1. The van der Waals surface area contributed by atoms with Crippen LogP contribution >= 0.6 is 12.4 Å². The van der Waals surface area contributed by atoms with Gasteiger partial charge in [-0.3, -0.25) is 5.41 Å². The van der Waals surface area contributed by atoms with Crippen LogP contribution < -0.4 is 5.32 Å². The lowest BCUT2D eigenvalue weighted by Gasteiger charge is -2.16. The van der Waals surface area contributed by atoms with Gasteiger partial charge in [0.2, 0.25) is 5.90 Å². The number of ether oxygens (including phenoxy) is 2. The highest BCUT2D eigenvalue weighted by molar-refractivity contribution is 5.90. The van der Waals surface area contributed by atoms with Crippen molar-refractivity contribution in [1.82, 2.24) is 5.32 Å². The smallest absolute Gasteiger partial charge is 0.408 e. The molecule has 104 valence electrons. The molecule has 2 rings (SSSR count). The van der Waals surface area contributed by atoms with Crippen LogP contribution in [-0.4, -0.2) is 24.6 Å².